The Morgan fingerprint density at radius 1 is 1.40 bits per heavy atom. The molecule has 0 N–H and O–H groups in total. The Morgan fingerprint density at radius 2 is 2.10 bits per heavy atom. The summed E-state index contributed by atoms with van der Waals surface area (Å²) in [5.74, 6) is 0. The Labute approximate surface area is 61.1 Å². The van der Waals surface area contributed by atoms with Crippen LogP contribution in [-0.4, -0.2) is 0 Å². The van der Waals surface area contributed by atoms with Crippen LogP contribution in [0.25, 0.3) is 4.85 Å². The quantitative estimate of drug-likeness (QED) is 0.515. The van der Waals surface area contributed by atoms with Crippen LogP contribution in [0, 0.1) is 13.5 Å². The standard InChI is InChI=1S/C9H9N/c1-8-5-3-4-6-9(8)7-10-2/h3-6H,7H2,1H3. The van der Waals surface area contributed by atoms with Gasteiger partial charge in [-0.15, -0.1) is 0 Å². The second kappa shape index (κ2) is 3.03. The number of rotatable bonds is 1. The van der Waals surface area contributed by atoms with E-state index in [0.29, 0.717) is 6.54 Å². The van der Waals surface area contributed by atoms with Gasteiger partial charge in [-0.25, -0.2) is 6.57 Å². The maximum Gasteiger partial charge on any atom is 0.240 e. The van der Waals surface area contributed by atoms with Crippen LogP contribution >= 0.6 is 0 Å². The summed E-state index contributed by atoms with van der Waals surface area (Å²) in [6.07, 6.45) is 0. The molecular weight excluding hydrogens is 122 g/mol. The molecule has 0 fully saturated rings. The van der Waals surface area contributed by atoms with E-state index in [1.165, 1.54) is 5.56 Å². The van der Waals surface area contributed by atoms with Gasteiger partial charge in [0.2, 0.25) is 6.54 Å². The van der Waals surface area contributed by atoms with Crippen LogP contribution in [0.5, 0.6) is 0 Å². The first kappa shape index (κ1) is 6.82. The molecule has 0 bridgehead atoms. The highest BCUT2D eigenvalue weighted by atomic mass is 14.6. The molecule has 0 saturated carbocycles. The summed E-state index contributed by atoms with van der Waals surface area (Å²) >= 11 is 0. The fourth-order valence-electron chi connectivity index (χ4n) is 0.873. The van der Waals surface area contributed by atoms with E-state index >= 15 is 0 Å². The minimum Gasteiger partial charge on any atom is -0.312 e. The highest BCUT2D eigenvalue weighted by Gasteiger charge is 1.96. The second-order valence-corrected chi connectivity index (χ2v) is 2.24. The fraction of sp³-hybridized carbons (Fsp3) is 0.222. The van der Waals surface area contributed by atoms with E-state index in [1.54, 1.807) is 0 Å². The zero-order valence-corrected chi connectivity index (χ0v) is 5.96. The molecule has 0 aromatic heterocycles. The Bertz CT molecular complexity index is 258. The molecule has 1 rings (SSSR count). The number of hydrogen-bond donors (Lipinski definition) is 0. The number of aryl methyl sites for hydroxylation is 1. The van der Waals surface area contributed by atoms with Gasteiger partial charge in [-0.05, 0) is 12.5 Å². The first-order valence-corrected chi connectivity index (χ1v) is 3.22. The lowest BCUT2D eigenvalue weighted by Crippen LogP contribution is -1.82. The van der Waals surface area contributed by atoms with Crippen LogP contribution in [0.4, 0.5) is 0 Å². The Kier molecular flexibility index (Phi) is 2.07. The molecule has 0 aliphatic rings. The molecule has 0 aliphatic heterocycles. The third kappa shape index (κ3) is 1.35. The summed E-state index contributed by atoms with van der Waals surface area (Å²) < 4.78 is 0. The van der Waals surface area contributed by atoms with E-state index in [9.17, 15) is 0 Å². The van der Waals surface area contributed by atoms with Gasteiger partial charge in [-0.3, -0.25) is 0 Å². The third-order valence-electron chi connectivity index (χ3n) is 1.51. The second-order valence-electron chi connectivity index (χ2n) is 2.24. The molecule has 10 heavy (non-hydrogen) atoms. The summed E-state index contributed by atoms with van der Waals surface area (Å²) in [5.41, 5.74) is 2.34. The fourth-order valence-corrected chi connectivity index (χ4v) is 0.873. The molecule has 1 aromatic rings. The molecule has 1 aromatic carbocycles. The third-order valence-corrected chi connectivity index (χ3v) is 1.51. The van der Waals surface area contributed by atoms with Crippen LogP contribution in [0.1, 0.15) is 11.1 Å². The van der Waals surface area contributed by atoms with E-state index in [1.807, 2.05) is 31.2 Å². The van der Waals surface area contributed by atoms with Crippen molar-refractivity contribution in [3.8, 4) is 0 Å². The lowest BCUT2D eigenvalue weighted by atomic mass is 10.1. The van der Waals surface area contributed by atoms with Crippen molar-refractivity contribution >= 4 is 0 Å². The van der Waals surface area contributed by atoms with Gasteiger partial charge >= 0.3 is 0 Å². The zero-order chi connectivity index (χ0) is 7.40. The maximum absolute atomic E-state index is 6.66. The smallest absolute Gasteiger partial charge is 0.240 e. The number of nitrogens with zero attached hydrogens (tertiary/aromatic N) is 1. The lowest BCUT2D eigenvalue weighted by molar-refractivity contribution is 1.21. The average molecular weight is 131 g/mol. The summed E-state index contributed by atoms with van der Waals surface area (Å²) in [7, 11) is 0. The Hall–Kier alpha value is -1.29. The van der Waals surface area contributed by atoms with Gasteiger partial charge in [0.25, 0.3) is 0 Å². The lowest BCUT2D eigenvalue weighted by Gasteiger charge is -1.94. The highest BCUT2D eigenvalue weighted by Crippen LogP contribution is 2.07. The summed E-state index contributed by atoms with van der Waals surface area (Å²) in [4.78, 5) is 3.32. The largest absolute Gasteiger partial charge is 0.312 e. The molecule has 0 saturated heterocycles. The molecule has 0 radical (unpaired) electrons. The van der Waals surface area contributed by atoms with Crippen molar-refractivity contribution in [2.24, 2.45) is 0 Å². The maximum atomic E-state index is 6.66. The van der Waals surface area contributed by atoms with Gasteiger partial charge in [0.1, 0.15) is 0 Å². The molecule has 0 heterocycles. The van der Waals surface area contributed by atoms with Crippen molar-refractivity contribution in [3.63, 3.8) is 0 Å². The van der Waals surface area contributed by atoms with E-state index in [-0.39, 0.29) is 0 Å². The molecule has 0 amide bonds. The van der Waals surface area contributed by atoms with Gasteiger partial charge in [0.15, 0.2) is 0 Å². The average Bonchev–Trinajstić information content (AvgIpc) is 1.94. The van der Waals surface area contributed by atoms with Crippen LogP contribution < -0.4 is 0 Å². The first-order chi connectivity index (χ1) is 4.84. The van der Waals surface area contributed by atoms with Crippen LogP contribution in [0.3, 0.4) is 0 Å². The van der Waals surface area contributed by atoms with Gasteiger partial charge in [-0.2, -0.15) is 0 Å². The molecule has 0 spiro atoms. The van der Waals surface area contributed by atoms with Gasteiger partial charge in [0, 0.05) is 5.56 Å². The SMILES string of the molecule is [C-]#[N+]Cc1ccccc1C. The highest BCUT2D eigenvalue weighted by molar-refractivity contribution is 5.26. The van der Waals surface area contributed by atoms with Crippen LogP contribution in [-0.2, 0) is 6.54 Å². The van der Waals surface area contributed by atoms with Crippen LogP contribution in [0.2, 0.25) is 0 Å². The molecule has 0 atom stereocenters. The number of benzene rings is 1. The molecule has 50 valence electrons. The molecule has 0 aliphatic carbocycles. The van der Waals surface area contributed by atoms with Crippen molar-refractivity contribution in [2.75, 3.05) is 0 Å². The molecule has 1 heteroatoms. The first-order valence-electron chi connectivity index (χ1n) is 3.22. The Morgan fingerprint density at radius 3 is 2.70 bits per heavy atom. The van der Waals surface area contributed by atoms with Crippen molar-refractivity contribution in [3.05, 3.63) is 46.8 Å². The van der Waals surface area contributed by atoms with Gasteiger partial charge < -0.3 is 4.85 Å². The summed E-state index contributed by atoms with van der Waals surface area (Å²) in [6.45, 7) is 9.20. The number of hydrogen-bond acceptors (Lipinski definition) is 0. The Balaban J connectivity index is 2.94. The monoisotopic (exact) mass is 131 g/mol. The predicted molar refractivity (Wildman–Crippen MR) is 41.5 cm³/mol. The van der Waals surface area contributed by atoms with Crippen molar-refractivity contribution in [2.45, 2.75) is 13.5 Å². The predicted octanol–water partition coefficient (Wildman–Crippen LogP) is 2.41. The van der Waals surface area contributed by atoms with Crippen molar-refractivity contribution in [1.29, 1.82) is 0 Å². The van der Waals surface area contributed by atoms with Crippen LogP contribution in [0.15, 0.2) is 24.3 Å². The summed E-state index contributed by atoms with van der Waals surface area (Å²) in [6, 6.07) is 7.98. The van der Waals surface area contributed by atoms with Gasteiger partial charge in [0.05, 0.1) is 0 Å². The van der Waals surface area contributed by atoms with E-state index in [4.69, 9.17) is 6.57 Å². The molecule has 0 unspecified atom stereocenters. The molecular formula is C9H9N. The molecule has 1 nitrogen and oxygen atoms in total. The topological polar surface area (TPSA) is 4.36 Å². The minimum absolute atomic E-state index is 0.507. The van der Waals surface area contributed by atoms with E-state index in [2.05, 4.69) is 4.85 Å². The summed E-state index contributed by atoms with van der Waals surface area (Å²) in [5, 5.41) is 0. The van der Waals surface area contributed by atoms with Gasteiger partial charge in [-0.1, -0.05) is 24.3 Å². The minimum atomic E-state index is 0.507. The zero-order valence-electron chi connectivity index (χ0n) is 5.96. The normalized spacial score (nSPS) is 8.80. The van der Waals surface area contributed by atoms with E-state index < -0.39 is 0 Å². The van der Waals surface area contributed by atoms with E-state index in [0.717, 1.165) is 5.56 Å². The van der Waals surface area contributed by atoms with Crippen molar-refractivity contribution < 1.29 is 0 Å². The van der Waals surface area contributed by atoms with Crippen molar-refractivity contribution in [1.82, 2.24) is 0 Å².